The fraction of sp³-hybridized carbons (Fsp3) is 0.286. The van der Waals surface area contributed by atoms with Crippen molar-refractivity contribution in [2.75, 3.05) is 7.05 Å². The number of hydrogen-bond donors (Lipinski definition) is 1. The second-order valence-electron chi connectivity index (χ2n) is 2.72. The first kappa shape index (κ1) is 13.2. The monoisotopic (exact) mass is 274 g/mol. The molecule has 1 heterocycles. The van der Waals surface area contributed by atoms with Gasteiger partial charge in [-0.25, -0.2) is 18.1 Å². The summed E-state index contributed by atoms with van der Waals surface area (Å²) in [6.45, 7) is 0. The molecule has 0 aliphatic carbocycles. The number of nitrogens with zero attached hydrogens (tertiary/aromatic N) is 1. The van der Waals surface area contributed by atoms with E-state index in [1.54, 1.807) is 0 Å². The van der Waals surface area contributed by atoms with Crippen LogP contribution in [0.5, 0.6) is 0 Å². The van der Waals surface area contributed by atoms with Crippen molar-refractivity contribution < 1.29 is 21.6 Å². The molecule has 90 valence electrons. The summed E-state index contributed by atoms with van der Waals surface area (Å²) in [5.74, 6) is 0. The maximum Gasteiger partial charge on any atom is 0.417 e. The lowest BCUT2D eigenvalue weighted by Crippen LogP contribution is -2.20. The maximum atomic E-state index is 12.3. The average molecular weight is 275 g/mol. The van der Waals surface area contributed by atoms with E-state index in [1.165, 1.54) is 0 Å². The number of pyridine rings is 1. The molecule has 1 rings (SSSR count). The van der Waals surface area contributed by atoms with Crippen molar-refractivity contribution in [1.82, 2.24) is 9.71 Å². The zero-order chi connectivity index (χ0) is 12.6. The quantitative estimate of drug-likeness (QED) is 0.835. The maximum absolute atomic E-state index is 12.3. The van der Waals surface area contributed by atoms with Gasteiger partial charge < -0.3 is 0 Å². The molecule has 1 aromatic rings. The van der Waals surface area contributed by atoms with E-state index in [-0.39, 0.29) is 0 Å². The lowest BCUT2D eigenvalue weighted by atomic mass is 10.3. The molecule has 0 spiro atoms. The van der Waals surface area contributed by atoms with Gasteiger partial charge in [-0.05, 0) is 13.1 Å². The Hall–Kier alpha value is -0.860. The third kappa shape index (κ3) is 2.63. The first-order valence-corrected chi connectivity index (χ1v) is 5.71. The zero-order valence-electron chi connectivity index (χ0n) is 7.84. The van der Waals surface area contributed by atoms with Gasteiger partial charge in [0.15, 0.2) is 0 Å². The normalized spacial score (nSPS) is 12.8. The van der Waals surface area contributed by atoms with Crippen LogP contribution >= 0.6 is 11.6 Å². The van der Waals surface area contributed by atoms with E-state index in [1.807, 2.05) is 4.72 Å². The Kier molecular flexibility index (Phi) is 3.46. The van der Waals surface area contributed by atoms with Crippen LogP contribution in [-0.4, -0.2) is 20.4 Å². The van der Waals surface area contributed by atoms with Crippen LogP contribution in [0.15, 0.2) is 17.2 Å². The molecule has 0 saturated carbocycles. The fourth-order valence-electron chi connectivity index (χ4n) is 0.881. The topological polar surface area (TPSA) is 59.1 Å². The highest BCUT2D eigenvalue weighted by atomic mass is 35.5. The molecule has 0 saturated heterocycles. The van der Waals surface area contributed by atoms with Crippen LogP contribution < -0.4 is 4.72 Å². The molecule has 0 atom stereocenters. The molecule has 0 amide bonds. The summed E-state index contributed by atoms with van der Waals surface area (Å²) in [4.78, 5) is 2.48. The van der Waals surface area contributed by atoms with Crippen molar-refractivity contribution in [3.8, 4) is 0 Å². The Bertz CT molecular complexity index is 501. The SMILES string of the molecule is CNS(=O)(=O)c1cc(C(F)(F)F)cnc1Cl. The highest BCUT2D eigenvalue weighted by Gasteiger charge is 2.33. The van der Waals surface area contributed by atoms with E-state index in [4.69, 9.17) is 11.6 Å². The number of nitrogens with one attached hydrogen (secondary N) is 1. The lowest BCUT2D eigenvalue weighted by molar-refractivity contribution is -0.138. The molecule has 0 aliphatic heterocycles. The minimum atomic E-state index is -4.67. The van der Waals surface area contributed by atoms with Crippen LogP contribution in [0.25, 0.3) is 0 Å². The van der Waals surface area contributed by atoms with Crippen molar-refractivity contribution in [2.45, 2.75) is 11.1 Å². The third-order valence-corrected chi connectivity index (χ3v) is 3.53. The van der Waals surface area contributed by atoms with Crippen LogP contribution in [0.1, 0.15) is 5.56 Å². The van der Waals surface area contributed by atoms with Crippen molar-refractivity contribution >= 4 is 21.6 Å². The van der Waals surface area contributed by atoms with Crippen molar-refractivity contribution in [1.29, 1.82) is 0 Å². The third-order valence-electron chi connectivity index (χ3n) is 1.69. The number of hydrogen-bond acceptors (Lipinski definition) is 3. The van der Waals surface area contributed by atoms with Crippen LogP contribution in [0.4, 0.5) is 13.2 Å². The van der Waals surface area contributed by atoms with Crippen LogP contribution in [-0.2, 0) is 16.2 Å². The van der Waals surface area contributed by atoms with Gasteiger partial charge in [0.25, 0.3) is 0 Å². The summed E-state index contributed by atoms with van der Waals surface area (Å²) in [6.07, 6.45) is -4.20. The number of alkyl halides is 3. The Morgan fingerprint density at radius 2 is 2.00 bits per heavy atom. The number of aromatic nitrogens is 1. The van der Waals surface area contributed by atoms with Gasteiger partial charge in [0, 0.05) is 6.20 Å². The molecule has 0 aromatic carbocycles. The minimum absolute atomic E-state index is 0.432. The molecule has 16 heavy (non-hydrogen) atoms. The second-order valence-corrected chi connectivity index (χ2v) is 4.93. The predicted molar refractivity (Wildman–Crippen MR) is 50.5 cm³/mol. The van der Waals surface area contributed by atoms with E-state index in [9.17, 15) is 21.6 Å². The van der Waals surface area contributed by atoms with E-state index in [0.717, 1.165) is 7.05 Å². The smallest absolute Gasteiger partial charge is 0.242 e. The predicted octanol–water partition coefficient (Wildman–Crippen LogP) is 1.66. The summed E-state index contributed by atoms with van der Waals surface area (Å²) in [5.41, 5.74) is -1.18. The van der Waals surface area contributed by atoms with Gasteiger partial charge in [0.1, 0.15) is 10.0 Å². The van der Waals surface area contributed by atoms with Gasteiger partial charge in [-0.1, -0.05) is 11.6 Å². The number of halogens is 4. The largest absolute Gasteiger partial charge is 0.417 e. The van der Waals surface area contributed by atoms with Gasteiger partial charge in [0.05, 0.1) is 5.56 Å². The second kappa shape index (κ2) is 4.19. The molecule has 0 bridgehead atoms. The van der Waals surface area contributed by atoms with Crippen LogP contribution in [0.3, 0.4) is 0 Å². The first-order chi connectivity index (χ1) is 7.18. The fourth-order valence-corrected chi connectivity index (χ4v) is 2.07. The summed E-state index contributed by atoms with van der Waals surface area (Å²) < 4.78 is 61.3. The molecular weight excluding hydrogens is 269 g/mol. The van der Waals surface area contributed by atoms with Crippen LogP contribution in [0.2, 0.25) is 5.15 Å². The Morgan fingerprint density at radius 1 is 1.44 bits per heavy atom. The van der Waals surface area contributed by atoms with Crippen molar-refractivity contribution in [3.63, 3.8) is 0 Å². The molecular formula is C7H6ClF3N2O2S. The van der Waals surface area contributed by atoms with E-state index < -0.39 is 31.8 Å². The molecule has 1 aromatic heterocycles. The summed E-state index contributed by atoms with van der Waals surface area (Å²) in [6, 6.07) is 0.432. The average Bonchev–Trinajstić information content (AvgIpc) is 2.16. The van der Waals surface area contributed by atoms with Gasteiger partial charge in [-0.3, -0.25) is 0 Å². The Balaban J connectivity index is 3.42. The number of sulfonamides is 1. The molecule has 9 heteroatoms. The van der Waals surface area contributed by atoms with E-state index in [0.29, 0.717) is 12.3 Å². The molecule has 0 radical (unpaired) electrons. The van der Waals surface area contributed by atoms with Crippen molar-refractivity contribution in [2.24, 2.45) is 0 Å². The molecule has 4 nitrogen and oxygen atoms in total. The van der Waals surface area contributed by atoms with Gasteiger partial charge in [0.2, 0.25) is 10.0 Å². The summed E-state index contributed by atoms with van der Waals surface area (Å²) in [5, 5.41) is -0.512. The van der Waals surface area contributed by atoms with Crippen LogP contribution in [0, 0.1) is 0 Å². The minimum Gasteiger partial charge on any atom is -0.242 e. The van der Waals surface area contributed by atoms with Crippen molar-refractivity contribution in [3.05, 3.63) is 23.0 Å². The highest BCUT2D eigenvalue weighted by Crippen LogP contribution is 2.31. The summed E-state index contributed by atoms with van der Waals surface area (Å²) >= 11 is 5.41. The summed E-state index contributed by atoms with van der Waals surface area (Å²) in [7, 11) is -2.99. The zero-order valence-corrected chi connectivity index (χ0v) is 9.41. The standard InChI is InChI=1S/C7H6ClF3N2O2S/c1-12-16(14,15)5-2-4(7(9,10)11)3-13-6(5)8/h2-3,12H,1H3. The van der Waals surface area contributed by atoms with Gasteiger partial charge >= 0.3 is 6.18 Å². The van der Waals surface area contributed by atoms with E-state index >= 15 is 0 Å². The number of rotatable bonds is 2. The van der Waals surface area contributed by atoms with Gasteiger partial charge in [-0.2, -0.15) is 13.2 Å². The molecule has 0 fully saturated rings. The lowest BCUT2D eigenvalue weighted by Gasteiger charge is -2.09. The Labute approximate surface area is 94.5 Å². The van der Waals surface area contributed by atoms with Gasteiger partial charge in [-0.15, -0.1) is 0 Å². The molecule has 0 unspecified atom stereocenters. The highest BCUT2D eigenvalue weighted by molar-refractivity contribution is 7.89. The molecule has 0 aliphatic rings. The first-order valence-electron chi connectivity index (χ1n) is 3.85. The van der Waals surface area contributed by atoms with E-state index in [2.05, 4.69) is 4.98 Å². The Morgan fingerprint density at radius 3 is 2.44 bits per heavy atom. The molecule has 1 N–H and O–H groups in total.